The van der Waals surface area contributed by atoms with Crippen LogP contribution in [-0.2, 0) is 0 Å². The summed E-state index contributed by atoms with van der Waals surface area (Å²) >= 11 is 6.09. The van der Waals surface area contributed by atoms with Crippen molar-refractivity contribution in [2.24, 2.45) is 5.92 Å². The molecule has 24 heavy (non-hydrogen) atoms. The molecule has 7 heteroatoms. The molecule has 1 aliphatic rings. The van der Waals surface area contributed by atoms with E-state index >= 15 is 0 Å². The first-order chi connectivity index (χ1) is 11.6. The van der Waals surface area contributed by atoms with E-state index in [2.05, 4.69) is 50.2 Å². The summed E-state index contributed by atoms with van der Waals surface area (Å²) in [6, 6.07) is 7.99. The zero-order valence-electron chi connectivity index (χ0n) is 14.1. The van der Waals surface area contributed by atoms with Crippen LogP contribution in [0.2, 0.25) is 5.02 Å². The first kappa shape index (κ1) is 16.8. The standard InChI is InChI=1S/C17H23ClN6/c1-13(2)11-19-16-12-20-22-17(21-16)24-8-6-23(7-9-24)15-5-3-4-14(18)10-15/h3-5,10,12-13H,6-9,11H2,1-2H3,(H,19,21,22). The molecule has 1 fully saturated rings. The van der Waals surface area contributed by atoms with E-state index in [4.69, 9.17) is 11.6 Å². The summed E-state index contributed by atoms with van der Waals surface area (Å²) in [5, 5.41) is 12.3. The maximum atomic E-state index is 6.09. The Bertz CT molecular complexity index is 670. The van der Waals surface area contributed by atoms with E-state index in [0.717, 1.165) is 49.3 Å². The molecule has 0 aliphatic carbocycles. The van der Waals surface area contributed by atoms with Crippen LogP contribution in [0.1, 0.15) is 13.8 Å². The molecule has 0 saturated carbocycles. The number of rotatable bonds is 5. The Morgan fingerprint density at radius 2 is 1.92 bits per heavy atom. The average Bonchev–Trinajstić information content (AvgIpc) is 2.60. The molecule has 2 heterocycles. The number of halogens is 1. The Labute approximate surface area is 147 Å². The van der Waals surface area contributed by atoms with Crippen LogP contribution in [0.15, 0.2) is 30.5 Å². The van der Waals surface area contributed by atoms with Gasteiger partial charge in [-0.25, -0.2) is 0 Å². The molecule has 0 unspecified atom stereocenters. The molecule has 128 valence electrons. The fourth-order valence-corrected chi connectivity index (χ4v) is 2.84. The summed E-state index contributed by atoms with van der Waals surface area (Å²) in [5.41, 5.74) is 1.16. The molecular formula is C17H23ClN6. The molecule has 0 amide bonds. The summed E-state index contributed by atoms with van der Waals surface area (Å²) in [4.78, 5) is 9.09. The second-order valence-electron chi connectivity index (χ2n) is 6.37. The Morgan fingerprint density at radius 3 is 2.62 bits per heavy atom. The van der Waals surface area contributed by atoms with Gasteiger partial charge in [0, 0.05) is 43.4 Å². The van der Waals surface area contributed by atoms with E-state index in [1.165, 1.54) is 0 Å². The summed E-state index contributed by atoms with van der Waals surface area (Å²) in [6.07, 6.45) is 1.67. The van der Waals surface area contributed by atoms with Gasteiger partial charge >= 0.3 is 0 Å². The van der Waals surface area contributed by atoms with Gasteiger partial charge in [0.1, 0.15) is 0 Å². The first-order valence-corrected chi connectivity index (χ1v) is 8.68. The lowest BCUT2D eigenvalue weighted by molar-refractivity contribution is 0.634. The molecule has 0 radical (unpaired) electrons. The Hall–Kier alpha value is -2.08. The second-order valence-corrected chi connectivity index (χ2v) is 6.81. The van der Waals surface area contributed by atoms with Gasteiger partial charge in [-0.15, -0.1) is 5.10 Å². The van der Waals surface area contributed by atoms with E-state index in [-0.39, 0.29) is 0 Å². The highest BCUT2D eigenvalue weighted by molar-refractivity contribution is 6.30. The number of anilines is 3. The van der Waals surface area contributed by atoms with Crippen molar-refractivity contribution in [3.63, 3.8) is 0 Å². The number of hydrogen-bond acceptors (Lipinski definition) is 6. The number of nitrogens with one attached hydrogen (secondary N) is 1. The van der Waals surface area contributed by atoms with Gasteiger partial charge in [-0.1, -0.05) is 31.5 Å². The molecule has 0 bridgehead atoms. The zero-order valence-corrected chi connectivity index (χ0v) is 14.9. The van der Waals surface area contributed by atoms with Crippen LogP contribution >= 0.6 is 11.6 Å². The topological polar surface area (TPSA) is 57.2 Å². The van der Waals surface area contributed by atoms with Crippen LogP contribution in [0, 0.1) is 5.92 Å². The van der Waals surface area contributed by atoms with Gasteiger partial charge in [0.25, 0.3) is 0 Å². The monoisotopic (exact) mass is 346 g/mol. The van der Waals surface area contributed by atoms with Crippen molar-refractivity contribution < 1.29 is 0 Å². The third-order valence-corrected chi connectivity index (χ3v) is 4.21. The van der Waals surface area contributed by atoms with Crippen molar-refractivity contribution in [3.05, 3.63) is 35.5 Å². The second kappa shape index (κ2) is 7.66. The normalized spacial score (nSPS) is 15.0. The van der Waals surface area contributed by atoms with Crippen molar-refractivity contribution in [2.45, 2.75) is 13.8 Å². The molecule has 3 rings (SSSR count). The van der Waals surface area contributed by atoms with Crippen LogP contribution < -0.4 is 15.1 Å². The smallest absolute Gasteiger partial charge is 0.247 e. The van der Waals surface area contributed by atoms with Gasteiger partial charge in [0.15, 0.2) is 5.82 Å². The first-order valence-electron chi connectivity index (χ1n) is 8.31. The average molecular weight is 347 g/mol. The molecular weight excluding hydrogens is 324 g/mol. The molecule has 1 N–H and O–H groups in total. The highest BCUT2D eigenvalue weighted by Gasteiger charge is 2.20. The molecule has 2 aromatic rings. The van der Waals surface area contributed by atoms with Crippen LogP contribution in [0.4, 0.5) is 17.5 Å². The summed E-state index contributed by atoms with van der Waals surface area (Å²) in [7, 11) is 0. The van der Waals surface area contributed by atoms with Crippen molar-refractivity contribution >= 4 is 29.1 Å². The van der Waals surface area contributed by atoms with Gasteiger partial charge in [-0.05, 0) is 24.1 Å². The molecule has 1 aromatic carbocycles. The number of hydrogen-bond donors (Lipinski definition) is 1. The lowest BCUT2D eigenvalue weighted by Gasteiger charge is -2.36. The number of benzene rings is 1. The highest BCUT2D eigenvalue weighted by atomic mass is 35.5. The minimum absolute atomic E-state index is 0.560. The van der Waals surface area contributed by atoms with E-state index in [1.54, 1.807) is 6.20 Å². The van der Waals surface area contributed by atoms with Crippen molar-refractivity contribution in [2.75, 3.05) is 47.8 Å². The van der Waals surface area contributed by atoms with Crippen LogP contribution in [0.25, 0.3) is 0 Å². The largest absolute Gasteiger partial charge is 0.368 e. The van der Waals surface area contributed by atoms with Gasteiger partial charge in [-0.3, -0.25) is 0 Å². The third kappa shape index (κ3) is 4.26. The van der Waals surface area contributed by atoms with Gasteiger partial charge in [0.05, 0.1) is 6.20 Å². The maximum absolute atomic E-state index is 6.09. The van der Waals surface area contributed by atoms with Crippen LogP contribution in [0.3, 0.4) is 0 Å². The summed E-state index contributed by atoms with van der Waals surface area (Å²) in [6.45, 7) is 8.75. The molecule has 0 atom stereocenters. The van der Waals surface area contributed by atoms with Gasteiger partial charge < -0.3 is 15.1 Å². The van der Waals surface area contributed by atoms with Crippen LogP contribution in [-0.4, -0.2) is 47.9 Å². The summed E-state index contributed by atoms with van der Waals surface area (Å²) in [5.74, 6) is 2.03. The van der Waals surface area contributed by atoms with Gasteiger partial charge in [0.2, 0.25) is 5.95 Å². The number of nitrogens with zero attached hydrogens (tertiary/aromatic N) is 5. The van der Waals surface area contributed by atoms with Crippen molar-refractivity contribution in [3.8, 4) is 0 Å². The molecule has 1 aromatic heterocycles. The Kier molecular flexibility index (Phi) is 5.35. The fraction of sp³-hybridized carbons (Fsp3) is 0.471. The molecule has 0 spiro atoms. The Morgan fingerprint density at radius 1 is 1.17 bits per heavy atom. The minimum atomic E-state index is 0.560. The molecule has 1 saturated heterocycles. The van der Waals surface area contributed by atoms with E-state index in [9.17, 15) is 0 Å². The number of aromatic nitrogens is 3. The van der Waals surface area contributed by atoms with Crippen LogP contribution in [0.5, 0.6) is 0 Å². The number of piperazine rings is 1. The Balaban J connectivity index is 1.61. The maximum Gasteiger partial charge on any atom is 0.247 e. The van der Waals surface area contributed by atoms with E-state index < -0.39 is 0 Å². The van der Waals surface area contributed by atoms with E-state index in [1.807, 2.05) is 18.2 Å². The van der Waals surface area contributed by atoms with Crippen molar-refractivity contribution in [1.29, 1.82) is 0 Å². The zero-order chi connectivity index (χ0) is 16.9. The fourth-order valence-electron chi connectivity index (χ4n) is 2.66. The molecule has 6 nitrogen and oxygen atoms in total. The minimum Gasteiger partial charge on any atom is -0.368 e. The predicted octanol–water partition coefficient (Wildman–Crippen LogP) is 2.92. The third-order valence-electron chi connectivity index (χ3n) is 3.97. The quantitative estimate of drug-likeness (QED) is 0.898. The van der Waals surface area contributed by atoms with E-state index in [0.29, 0.717) is 11.9 Å². The van der Waals surface area contributed by atoms with Gasteiger partial charge in [-0.2, -0.15) is 10.1 Å². The SMILES string of the molecule is CC(C)CNc1cnnc(N2CCN(c3cccc(Cl)c3)CC2)n1. The summed E-state index contributed by atoms with van der Waals surface area (Å²) < 4.78 is 0. The van der Waals surface area contributed by atoms with Crippen molar-refractivity contribution in [1.82, 2.24) is 15.2 Å². The molecule has 1 aliphatic heterocycles. The lowest BCUT2D eigenvalue weighted by atomic mass is 10.2. The lowest BCUT2D eigenvalue weighted by Crippen LogP contribution is -2.47. The predicted molar refractivity (Wildman–Crippen MR) is 99.0 cm³/mol. The highest BCUT2D eigenvalue weighted by Crippen LogP contribution is 2.22.